The highest BCUT2D eigenvalue weighted by molar-refractivity contribution is 5.89. The Morgan fingerprint density at radius 1 is 1.07 bits per heavy atom. The van der Waals surface area contributed by atoms with E-state index in [1.807, 2.05) is 36.1 Å². The molecule has 2 saturated heterocycles. The number of fused-ring (bicyclic) bond motifs is 1. The first-order valence-corrected chi connectivity index (χ1v) is 10.3. The standard InChI is InChI=1S/C21H30N4O2/c1-15-5-4-7-17(13-15)22-21(27)25-11-9-24(10-12-25)20(26)19-14-16-6-2-3-8-18(16)23-19/h4-5,7,13,16,18-19,23H,2-3,6,8-12,14H2,1H3,(H,22,27). The summed E-state index contributed by atoms with van der Waals surface area (Å²) in [6.07, 6.45) is 6.04. The summed E-state index contributed by atoms with van der Waals surface area (Å²) in [5.41, 5.74) is 1.93. The first-order chi connectivity index (χ1) is 13.1. The van der Waals surface area contributed by atoms with E-state index in [9.17, 15) is 9.59 Å². The lowest BCUT2D eigenvalue weighted by Crippen LogP contribution is -2.55. The molecule has 2 heterocycles. The summed E-state index contributed by atoms with van der Waals surface area (Å²) in [5.74, 6) is 0.900. The lowest BCUT2D eigenvalue weighted by atomic mass is 9.85. The largest absolute Gasteiger partial charge is 0.338 e. The highest BCUT2D eigenvalue weighted by Crippen LogP contribution is 2.33. The number of anilines is 1. The van der Waals surface area contributed by atoms with Crippen LogP contribution in [0.4, 0.5) is 10.5 Å². The van der Waals surface area contributed by atoms with E-state index in [2.05, 4.69) is 10.6 Å². The third-order valence-electron chi connectivity index (χ3n) is 6.31. The van der Waals surface area contributed by atoms with E-state index in [0.717, 1.165) is 17.7 Å². The van der Waals surface area contributed by atoms with Crippen molar-refractivity contribution in [1.82, 2.24) is 15.1 Å². The predicted octanol–water partition coefficient (Wildman–Crippen LogP) is 2.59. The smallest absolute Gasteiger partial charge is 0.321 e. The number of nitrogens with one attached hydrogen (secondary N) is 2. The van der Waals surface area contributed by atoms with Crippen molar-refractivity contribution in [3.63, 3.8) is 0 Å². The molecular weight excluding hydrogens is 340 g/mol. The van der Waals surface area contributed by atoms with Gasteiger partial charge < -0.3 is 20.4 Å². The van der Waals surface area contributed by atoms with Crippen molar-refractivity contribution in [2.24, 2.45) is 5.92 Å². The minimum atomic E-state index is -0.0855. The van der Waals surface area contributed by atoms with Gasteiger partial charge in [-0.1, -0.05) is 25.0 Å². The highest BCUT2D eigenvalue weighted by Gasteiger charge is 2.40. The van der Waals surface area contributed by atoms with Gasteiger partial charge in [-0.05, 0) is 49.8 Å². The minimum absolute atomic E-state index is 0.0224. The Labute approximate surface area is 161 Å². The van der Waals surface area contributed by atoms with Gasteiger partial charge in [0.1, 0.15) is 0 Å². The number of nitrogens with zero attached hydrogens (tertiary/aromatic N) is 2. The van der Waals surface area contributed by atoms with Crippen molar-refractivity contribution in [2.75, 3.05) is 31.5 Å². The van der Waals surface area contributed by atoms with Gasteiger partial charge in [0.25, 0.3) is 0 Å². The molecule has 1 aliphatic carbocycles. The second kappa shape index (κ2) is 7.89. The number of rotatable bonds is 2. The Morgan fingerprint density at radius 3 is 2.56 bits per heavy atom. The molecule has 6 heteroatoms. The number of urea groups is 1. The van der Waals surface area contributed by atoms with Crippen molar-refractivity contribution in [1.29, 1.82) is 0 Å². The molecule has 2 aliphatic heterocycles. The number of amides is 3. The molecule has 0 spiro atoms. The molecule has 0 bridgehead atoms. The van der Waals surface area contributed by atoms with E-state index in [-0.39, 0.29) is 18.0 Å². The lowest BCUT2D eigenvalue weighted by molar-refractivity contribution is -0.134. The first kappa shape index (κ1) is 18.3. The molecule has 3 unspecified atom stereocenters. The third kappa shape index (κ3) is 4.10. The van der Waals surface area contributed by atoms with E-state index in [1.54, 1.807) is 4.90 Å². The van der Waals surface area contributed by atoms with E-state index in [1.165, 1.54) is 25.7 Å². The Hall–Kier alpha value is -2.08. The van der Waals surface area contributed by atoms with Crippen molar-refractivity contribution in [3.8, 4) is 0 Å². The first-order valence-electron chi connectivity index (χ1n) is 10.3. The fourth-order valence-corrected chi connectivity index (χ4v) is 4.79. The molecule has 6 nitrogen and oxygen atoms in total. The van der Waals surface area contributed by atoms with Crippen molar-refractivity contribution in [2.45, 2.75) is 51.1 Å². The van der Waals surface area contributed by atoms with Crippen LogP contribution in [-0.4, -0.2) is 60.0 Å². The summed E-state index contributed by atoms with van der Waals surface area (Å²) in [4.78, 5) is 29.1. The zero-order valence-corrected chi connectivity index (χ0v) is 16.1. The molecule has 1 aromatic carbocycles. The molecule has 1 aromatic rings. The number of piperazine rings is 1. The Bertz CT molecular complexity index is 685. The third-order valence-corrected chi connectivity index (χ3v) is 6.31. The van der Waals surface area contributed by atoms with Crippen LogP contribution < -0.4 is 10.6 Å². The average molecular weight is 370 g/mol. The van der Waals surface area contributed by atoms with Gasteiger partial charge in [-0.25, -0.2) is 4.79 Å². The summed E-state index contributed by atoms with van der Waals surface area (Å²) in [7, 11) is 0. The minimum Gasteiger partial charge on any atom is -0.338 e. The van der Waals surface area contributed by atoms with Crippen LogP contribution in [0, 0.1) is 12.8 Å². The van der Waals surface area contributed by atoms with Gasteiger partial charge in [0.05, 0.1) is 6.04 Å². The van der Waals surface area contributed by atoms with Gasteiger partial charge in [0.15, 0.2) is 0 Å². The van der Waals surface area contributed by atoms with Gasteiger partial charge in [-0.15, -0.1) is 0 Å². The molecular formula is C21H30N4O2. The number of aryl methyl sites for hydroxylation is 1. The molecule has 3 amide bonds. The summed E-state index contributed by atoms with van der Waals surface area (Å²) >= 11 is 0. The van der Waals surface area contributed by atoms with Crippen LogP contribution in [0.3, 0.4) is 0 Å². The summed E-state index contributed by atoms with van der Waals surface area (Å²) < 4.78 is 0. The Kier molecular flexibility index (Phi) is 5.34. The summed E-state index contributed by atoms with van der Waals surface area (Å²) in [6, 6.07) is 8.23. The maximum atomic E-state index is 12.9. The van der Waals surface area contributed by atoms with Gasteiger partial charge >= 0.3 is 6.03 Å². The van der Waals surface area contributed by atoms with Crippen LogP contribution in [0.2, 0.25) is 0 Å². The van der Waals surface area contributed by atoms with Crippen LogP contribution in [0.1, 0.15) is 37.7 Å². The van der Waals surface area contributed by atoms with Crippen molar-refractivity contribution in [3.05, 3.63) is 29.8 Å². The van der Waals surface area contributed by atoms with E-state index < -0.39 is 0 Å². The van der Waals surface area contributed by atoms with Gasteiger partial charge in [-0.3, -0.25) is 4.79 Å². The van der Waals surface area contributed by atoms with Crippen LogP contribution >= 0.6 is 0 Å². The lowest BCUT2D eigenvalue weighted by Gasteiger charge is -2.36. The van der Waals surface area contributed by atoms with Gasteiger partial charge in [0.2, 0.25) is 5.91 Å². The summed E-state index contributed by atoms with van der Waals surface area (Å²) in [5, 5.41) is 6.53. The van der Waals surface area contributed by atoms with Gasteiger partial charge in [-0.2, -0.15) is 0 Å². The Balaban J connectivity index is 1.27. The van der Waals surface area contributed by atoms with Crippen LogP contribution in [0.25, 0.3) is 0 Å². The molecule has 4 rings (SSSR count). The monoisotopic (exact) mass is 370 g/mol. The van der Waals surface area contributed by atoms with Crippen LogP contribution in [0.15, 0.2) is 24.3 Å². The number of hydrogen-bond donors (Lipinski definition) is 2. The molecule has 146 valence electrons. The molecule has 0 radical (unpaired) electrons. The molecule has 0 aromatic heterocycles. The number of carbonyl (C=O) groups excluding carboxylic acids is 2. The number of carbonyl (C=O) groups is 2. The quantitative estimate of drug-likeness (QED) is 0.841. The molecule has 1 saturated carbocycles. The maximum absolute atomic E-state index is 12.9. The number of benzene rings is 1. The summed E-state index contributed by atoms with van der Waals surface area (Å²) in [6.45, 7) is 4.42. The molecule has 3 atom stereocenters. The zero-order valence-electron chi connectivity index (χ0n) is 16.1. The van der Waals surface area contributed by atoms with Gasteiger partial charge in [0, 0.05) is 37.9 Å². The predicted molar refractivity (Wildman–Crippen MR) is 106 cm³/mol. The number of hydrogen-bond acceptors (Lipinski definition) is 3. The van der Waals surface area contributed by atoms with E-state index in [4.69, 9.17) is 0 Å². The normalized spacial score (nSPS) is 28.0. The van der Waals surface area contributed by atoms with Crippen LogP contribution in [-0.2, 0) is 4.79 Å². The Morgan fingerprint density at radius 2 is 1.81 bits per heavy atom. The molecule has 3 aliphatic rings. The molecule has 2 N–H and O–H groups in total. The second-order valence-corrected chi connectivity index (χ2v) is 8.22. The zero-order chi connectivity index (χ0) is 18.8. The van der Waals surface area contributed by atoms with E-state index in [0.29, 0.717) is 38.1 Å². The molecule has 3 fully saturated rings. The SMILES string of the molecule is Cc1cccc(NC(=O)N2CCN(C(=O)C3CC4CCCCC4N3)CC2)c1. The maximum Gasteiger partial charge on any atom is 0.321 e. The highest BCUT2D eigenvalue weighted by atomic mass is 16.2. The van der Waals surface area contributed by atoms with Crippen molar-refractivity contribution >= 4 is 17.6 Å². The molecule has 27 heavy (non-hydrogen) atoms. The topological polar surface area (TPSA) is 64.7 Å². The van der Waals surface area contributed by atoms with Crippen molar-refractivity contribution < 1.29 is 9.59 Å². The fourth-order valence-electron chi connectivity index (χ4n) is 4.79. The second-order valence-electron chi connectivity index (χ2n) is 8.22. The van der Waals surface area contributed by atoms with Crippen LogP contribution in [0.5, 0.6) is 0 Å². The van der Waals surface area contributed by atoms with E-state index >= 15 is 0 Å². The fraction of sp³-hybridized carbons (Fsp3) is 0.619. The average Bonchev–Trinajstić information content (AvgIpc) is 3.12.